The number of carbonyl (C=O) groups is 3. The highest BCUT2D eigenvalue weighted by Gasteiger charge is 2.27. The zero-order valence-electron chi connectivity index (χ0n) is 15.6. The average Bonchev–Trinajstić information content (AvgIpc) is 2.98. The highest BCUT2D eigenvalue weighted by molar-refractivity contribution is 6.05. The topological polar surface area (TPSA) is 72.5 Å². The van der Waals surface area contributed by atoms with Gasteiger partial charge in [-0.3, -0.25) is 14.4 Å². The van der Waals surface area contributed by atoms with Gasteiger partial charge in [0.25, 0.3) is 0 Å². The van der Waals surface area contributed by atoms with Crippen LogP contribution < -0.4 is 5.32 Å². The first kappa shape index (κ1) is 18.8. The lowest BCUT2D eigenvalue weighted by Gasteiger charge is -2.07. The number of Topliss-reactive ketones (excluding diaryl/α,β-unsaturated/α-hetero) is 1. The van der Waals surface area contributed by atoms with E-state index in [2.05, 4.69) is 24.4 Å². The zero-order valence-corrected chi connectivity index (χ0v) is 15.6. The first-order valence-electron chi connectivity index (χ1n) is 9.19. The lowest BCUT2D eigenvalue weighted by atomic mass is 9.99. The number of nitrogens with one attached hydrogen (secondary N) is 1. The molecule has 0 saturated heterocycles. The van der Waals surface area contributed by atoms with Crippen LogP contribution in [0.4, 0.5) is 5.69 Å². The molecule has 1 amide bonds. The van der Waals surface area contributed by atoms with Crippen LogP contribution in [0.3, 0.4) is 0 Å². The molecule has 5 heteroatoms. The fourth-order valence-electron chi connectivity index (χ4n) is 3.08. The number of benzene rings is 2. The molecule has 1 N–H and O–H groups in total. The van der Waals surface area contributed by atoms with Gasteiger partial charge >= 0.3 is 5.97 Å². The van der Waals surface area contributed by atoms with Crippen molar-refractivity contribution in [2.75, 3.05) is 11.9 Å². The summed E-state index contributed by atoms with van der Waals surface area (Å²) >= 11 is 0. The first-order chi connectivity index (χ1) is 13.0. The Morgan fingerprint density at radius 3 is 2.48 bits per heavy atom. The largest absolute Gasteiger partial charge is 0.457 e. The molecule has 0 bridgehead atoms. The van der Waals surface area contributed by atoms with Gasteiger partial charge in [0.2, 0.25) is 5.91 Å². The quantitative estimate of drug-likeness (QED) is 0.600. The van der Waals surface area contributed by atoms with Crippen molar-refractivity contribution in [1.82, 2.24) is 0 Å². The van der Waals surface area contributed by atoms with E-state index in [1.54, 1.807) is 25.1 Å². The number of fused-ring (bicyclic) bond motifs is 1. The van der Waals surface area contributed by atoms with E-state index in [4.69, 9.17) is 4.74 Å². The van der Waals surface area contributed by atoms with Gasteiger partial charge in [0.15, 0.2) is 12.4 Å². The summed E-state index contributed by atoms with van der Waals surface area (Å²) in [7, 11) is 0. The van der Waals surface area contributed by atoms with Crippen molar-refractivity contribution in [3.63, 3.8) is 0 Å². The highest BCUT2D eigenvalue weighted by Crippen LogP contribution is 2.32. The van der Waals surface area contributed by atoms with Crippen molar-refractivity contribution >= 4 is 23.3 Å². The summed E-state index contributed by atoms with van der Waals surface area (Å²) < 4.78 is 5.12. The van der Waals surface area contributed by atoms with Gasteiger partial charge in [-0.1, -0.05) is 31.2 Å². The number of ether oxygens (including phenoxy) is 1. The van der Waals surface area contributed by atoms with Gasteiger partial charge < -0.3 is 10.1 Å². The fraction of sp³-hybridized carbons (Fsp3) is 0.318. The Bertz CT molecular complexity index is 870. The Hall–Kier alpha value is -2.95. The van der Waals surface area contributed by atoms with E-state index in [0.29, 0.717) is 12.0 Å². The maximum atomic E-state index is 12.3. The third kappa shape index (κ3) is 4.42. The molecular formula is C22H23NO4. The molecule has 0 radical (unpaired) electrons. The van der Waals surface area contributed by atoms with Crippen molar-refractivity contribution in [3.05, 3.63) is 64.7 Å². The molecule has 1 aliphatic rings. The number of rotatable bonds is 7. The summed E-state index contributed by atoms with van der Waals surface area (Å²) in [5.41, 5.74) is 4.30. The summed E-state index contributed by atoms with van der Waals surface area (Å²) in [5.74, 6) is -1.03. The van der Waals surface area contributed by atoms with Crippen molar-refractivity contribution in [1.29, 1.82) is 0 Å². The van der Waals surface area contributed by atoms with E-state index in [-0.39, 0.29) is 30.6 Å². The van der Waals surface area contributed by atoms with Crippen LogP contribution >= 0.6 is 0 Å². The highest BCUT2D eigenvalue weighted by atomic mass is 16.5. The van der Waals surface area contributed by atoms with Crippen LogP contribution in [0.1, 0.15) is 53.2 Å². The third-order valence-electron chi connectivity index (χ3n) is 4.90. The van der Waals surface area contributed by atoms with Gasteiger partial charge in [0.05, 0.1) is 5.92 Å². The summed E-state index contributed by atoms with van der Waals surface area (Å²) in [6.07, 6.45) is 1.80. The molecule has 1 heterocycles. The van der Waals surface area contributed by atoms with Gasteiger partial charge in [0, 0.05) is 17.7 Å². The minimum Gasteiger partial charge on any atom is -0.457 e. The second-order valence-corrected chi connectivity index (χ2v) is 6.77. The van der Waals surface area contributed by atoms with Crippen molar-refractivity contribution in [2.24, 2.45) is 0 Å². The molecule has 2 aromatic rings. The summed E-state index contributed by atoms with van der Waals surface area (Å²) in [4.78, 5) is 35.9. The van der Waals surface area contributed by atoms with E-state index in [1.165, 1.54) is 5.56 Å². The number of esters is 1. The van der Waals surface area contributed by atoms with Gasteiger partial charge in [-0.15, -0.1) is 0 Å². The van der Waals surface area contributed by atoms with Gasteiger partial charge in [-0.2, -0.15) is 0 Å². The lowest BCUT2D eigenvalue weighted by molar-refractivity contribution is -0.142. The molecule has 0 saturated carbocycles. The molecule has 27 heavy (non-hydrogen) atoms. The van der Waals surface area contributed by atoms with Gasteiger partial charge in [0.1, 0.15) is 0 Å². The maximum absolute atomic E-state index is 12.3. The van der Waals surface area contributed by atoms with Gasteiger partial charge in [-0.05, 0) is 54.7 Å². The smallest absolute Gasteiger partial charge is 0.306 e. The molecule has 0 aliphatic carbocycles. The van der Waals surface area contributed by atoms with E-state index in [1.807, 2.05) is 12.1 Å². The number of hydrogen-bond acceptors (Lipinski definition) is 4. The maximum Gasteiger partial charge on any atom is 0.306 e. The van der Waals surface area contributed by atoms with Crippen molar-refractivity contribution in [3.8, 4) is 0 Å². The van der Waals surface area contributed by atoms with Gasteiger partial charge in [-0.25, -0.2) is 0 Å². The average molecular weight is 365 g/mol. The molecule has 1 atom stereocenters. The molecule has 0 spiro atoms. The van der Waals surface area contributed by atoms with Crippen LogP contribution in [-0.4, -0.2) is 24.3 Å². The predicted molar refractivity (Wildman–Crippen MR) is 103 cm³/mol. The number of amides is 1. The second kappa shape index (κ2) is 8.16. The molecule has 1 aliphatic heterocycles. The summed E-state index contributed by atoms with van der Waals surface area (Å²) in [6, 6.07) is 13.2. The van der Waals surface area contributed by atoms with E-state index in [0.717, 1.165) is 23.2 Å². The molecule has 0 unspecified atom stereocenters. The second-order valence-electron chi connectivity index (χ2n) is 6.77. The van der Waals surface area contributed by atoms with E-state index < -0.39 is 5.97 Å². The molecule has 0 aromatic heterocycles. The van der Waals surface area contributed by atoms with Crippen LogP contribution in [0.2, 0.25) is 0 Å². The molecule has 0 fully saturated rings. The van der Waals surface area contributed by atoms with E-state index >= 15 is 0 Å². The number of anilines is 1. The standard InChI is InChI=1S/C22H23NO4/c1-3-15-4-6-16(7-5-15)8-11-21(25)27-13-20(24)17-9-10-19-18(12-17)14(2)22(26)23-19/h4-7,9-10,12,14H,3,8,11,13H2,1-2H3,(H,23,26)/t14-/m1/s1. The number of hydrogen-bond donors (Lipinski definition) is 1. The number of aryl methyl sites for hydroxylation is 2. The Balaban J connectivity index is 1.50. The van der Waals surface area contributed by atoms with E-state index in [9.17, 15) is 14.4 Å². The Labute approximate surface area is 158 Å². The number of carbonyl (C=O) groups excluding carboxylic acids is 3. The van der Waals surface area contributed by atoms with Crippen LogP contribution in [0, 0.1) is 0 Å². The molecule has 140 valence electrons. The molecule has 3 rings (SSSR count). The molecule has 2 aromatic carbocycles. The van der Waals surface area contributed by atoms with Crippen LogP contribution in [0.5, 0.6) is 0 Å². The van der Waals surface area contributed by atoms with Crippen molar-refractivity contribution in [2.45, 2.75) is 39.0 Å². The predicted octanol–water partition coefficient (Wildman–Crippen LogP) is 3.66. The number of ketones is 1. The van der Waals surface area contributed by atoms with Crippen molar-refractivity contribution < 1.29 is 19.1 Å². The Morgan fingerprint density at radius 2 is 1.78 bits per heavy atom. The zero-order chi connectivity index (χ0) is 19.4. The monoisotopic (exact) mass is 365 g/mol. The molecular weight excluding hydrogens is 342 g/mol. The Kier molecular flexibility index (Phi) is 5.69. The SMILES string of the molecule is CCc1ccc(CCC(=O)OCC(=O)c2ccc3c(c2)[C@@H](C)C(=O)N3)cc1. The fourth-order valence-corrected chi connectivity index (χ4v) is 3.08. The minimum atomic E-state index is -0.394. The lowest BCUT2D eigenvalue weighted by Crippen LogP contribution is -2.14. The summed E-state index contributed by atoms with van der Waals surface area (Å²) in [5, 5.41) is 2.77. The summed E-state index contributed by atoms with van der Waals surface area (Å²) in [6.45, 7) is 3.60. The van der Waals surface area contributed by atoms with Crippen LogP contribution in [-0.2, 0) is 27.2 Å². The third-order valence-corrected chi connectivity index (χ3v) is 4.90. The normalized spacial score (nSPS) is 15.2. The molecule has 5 nitrogen and oxygen atoms in total. The van der Waals surface area contributed by atoms with Crippen LogP contribution in [0.25, 0.3) is 0 Å². The first-order valence-corrected chi connectivity index (χ1v) is 9.19. The minimum absolute atomic E-state index is 0.0759. The Morgan fingerprint density at radius 1 is 1.07 bits per heavy atom. The van der Waals surface area contributed by atoms with Crippen LogP contribution in [0.15, 0.2) is 42.5 Å².